The highest BCUT2D eigenvalue weighted by molar-refractivity contribution is 5.74. The highest BCUT2D eigenvalue weighted by Gasteiger charge is 2.65. The number of rotatable bonds is 36. The Labute approximate surface area is 798 Å². The molecule has 0 aromatic heterocycles. The fraction of sp³-hybridized carbons (Fsp3) is 0.949. The van der Waals surface area contributed by atoms with Gasteiger partial charge in [0.05, 0.1) is 78.3 Å². The van der Waals surface area contributed by atoms with Gasteiger partial charge >= 0.3 is 0 Å². The zero-order chi connectivity index (χ0) is 104. The van der Waals surface area contributed by atoms with Gasteiger partial charge in [0, 0.05) is 27.7 Å². The lowest BCUT2D eigenvalue weighted by Crippen LogP contribution is -2.72. The predicted molar refractivity (Wildman–Crippen MR) is 433 cm³/mol. The third kappa shape index (κ3) is 25.1. The molecule has 12 aliphatic heterocycles. The van der Waals surface area contributed by atoms with Crippen LogP contribution in [0.5, 0.6) is 0 Å². The number of amides is 4. The van der Waals surface area contributed by atoms with Crippen molar-refractivity contribution in [2.45, 2.75) is 404 Å². The van der Waals surface area contributed by atoms with Crippen LogP contribution in [0.4, 0.5) is 0 Å². The fourth-order valence-corrected chi connectivity index (χ4v) is 18.5. The van der Waals surface area contributed by atoms with Crippen molar-refractivity contribution in [2.24, 2.45) is 0 Å². The molecule has 62 heteroatoms. The summed E-state index contributed by atoms with van der Waals surface area (Å²) in [5.74, 6) is -4.09. The topological polar surface area (TPSA) is 956 Å². The van der Waals surface area contributed by atoms with E-state index in [1.807, 2.05) is 0 Å². The number of ether oxygens (including phenoxy) is 23. The Bertz CT molecular complexity index is 3900. The van der Waals surface area contributed by atoms with Crippen LogP contribution >= 0.6 is 0 Å². The second kappa shape index (κ2) is 50.1. The molecule has 0 aliphatic carbocycles. The summed E-state index contributed by atoms with van der Waals surface area (Å²) in [6, 6.07) is -8.20. The van der Waals surface area contributed by atoms with Crippen LogP contribution in [0, 0.1) is 0 Å². The molecule has 4 amide bonds. The van der Waals surface area contributed by atoms with Gasteiger partial charge < -0.3 is 289 Å². The summed E-state index contributed by atoms with van der Waals surface area (Å²) in [4.78, 5) is 53.7. The van der Waals surface area contributed by atoms with Gasteiger partial charge in [-0.2, -0.15) is 0 Å². The van der Waals surface area contributed by atoms with E-state index in [1.165, 1.54) is 13.8 Å². The largest absolute Gasteiger partial charge is 0.394 e. The molecule has 141 heavy (non-hydrogen) atoms. The quantitative estimate of drug-likeness (QED) is 0.0277. The molecule has 0 bridgehead atoms. The summed E-state index contributed by atoms with van der Waals surface area (Å²) in [6.45, 7) is -6.17. The number of carbonyl (C=O) groups excluding carboxylic acids is 4. The molecule has 62 nitrogen and oxygen atoms in total. The highest BCUT2D eigenvalue weighted by Crippen LogP contribution is 2.44. The van der Waals surface area contributed by atoms with Crippen molar-refractivity contribution in [1.82, 2.24) is 21.3 Å². The van der Waals surface area contributed by atoms with Crippen LogP contribution in [-0.2, 0) is 128 Å². The maximum Gasteiger partial charge on any atom is 0.217 e. The van der Waals surface area contributed by atoms with E-state index in [9.17, 15) is 177 Å². The summed E-state index contributed by atoms with van der Waals surface area (Å²) in [5, 5.41) is 361. The van der Waals surface area contributed by atoms with Gasteiger partial charge in [0.1, 0.15) is 274 Å². The first kappa shape index (κ1) is 115. The maximum absolute atomic E-state index is 13.8. The van der Waals surface area contributed by atoms with E-state index in [0.29, 0.717) is 0 Å². The van der Waals surface area contributed by atoms with Gasteiger partial charge in [0.25, 0.3) is 0 Å². The van der Waals surface area contributed by atoms with Crippen molar-refractivity contribution in [2.75, 3.05) is 66.1 Å². The summed E-state index contributed by atoms with van der Waals surface area (Å²) < 4.78 is 141. The SMILES string of the molecule is CC(=O)N[C@@H]1[C@@H](O[C@@H]2O[C@@H](C)[C@@H](O)[C@@H](O)[C@@H]2O)[C@H](O[C@@H]2O[C@H](CO)[C@@H](O[C@@H]3O[C@H](CO[C@H]4O[C@H](CO)[C@@H](O)[C@H](O)[C@@H]4O[C@@H]4O[C@H](CO)[C@@H](O)[C@H](O[C@@H]5O[C@H](CO)[C@H](O)[C@H](O)[C@H]5O)[C@H]4NC(C)=O)[C@@H](O)[C@H](O[C@H]4O[C@H](CO)[C@@H](O)[C@H](O)[C@@H]4O[C@@H]4O[C@H](CO)[C@@H](O[C@@H]5O[C@@H](C)[C@@H](O)[C@@H](O)[C@@H]5O)[C@H](O[C@@H]5O[C@H](CO)[C@H](O)[C@H](O)[C@H]5O)[C@H]4NC(C)=O)[C@@H]3O[C@@H]3O[C@H](CO)[C@H](O)[C@H]3O)[C@H](O)[C@H]2NC(C)=O)[C@@H](CO)O[C@H]1O. The number of nitrogens with one attached hydrogen (secondary N) is 4. The lowest BCUT2D eigenvalue weighted by atomic mass is 9.93. The predicted octanol–water partition coefficient (Wildman–Crippen LogP) is -23.9. The Morgan fingerprint density at radius 3 is 0.879 bits per heavy atom. The molecule has 12 fully saturated rings. The second-order valence-corrected chi connectivity index (χ2v) is 36.1. The molecule has 816 valence electrons. The Hall–Kier alpha value is -4.28. The van der Waals surface area contributed by atoms with Gasteiger partial charge in [0.15, 0.2) is 75.5 Å². The number of hydrogen-bond acceptors (Lipinski definition) is 58. The fourth-order valence-electron chi connectivity index (χ4n) is 18.5. The van der Waals surface area contributed by atoms with E-state index in [0.717, 1.165) is 27.7 Å². The van der Waals surface area contributed by atoms with Gasteiger partial charge in [0.2, 0.25) is 23.6 Å². The van der Waals surface area contributed by atoms with Crippen molar-refractivity contribution in [3.05, 3.63) is 0 Å². The molecule has 12 heterocycles. The van der Waals surface area contributed by atoms with E-state index >= 15 is 0 Å². The van der Waals surface area contributed by atoms with E-state index in [1.54, 1.807) is 0 Å². The molecule has 0 radical (unpaired) electrons. The van der Waals surface area contributed by atoms with Crippen molar-refractivity contribution in [3.8, 4) is 0 Å². The van der Waals surface area contributed by atoms with Crippen molar-refractivity contribution in [3.63, 3.8) is 0 Å². The van der Waals surface area contributed by atoms with E-state index < -0.39 is 452 Å². The van der Waals surface area contributed by atoms with Crippen LogP contribution < -0.4 is 21.3 Å². The normalized spacial score (nSPS) is 50.6. The summed E-state index contributed by atoms with van der Waals surface area (Å²) in [6.07, 6.45) is -120. The van der Waals surface area contributed by atoms with E-state index in [4.69, 9.17) is 109 Å². The number of aliphatic hydroxyl groups excluding tert-OH is 31. The minimum Gasteiger partial charge on any atom is -0.394 e. The smallest absolute Gasteiger partial charge is 0.217 e. The highest BCUT2D eigenvalue weighted by atomic mass is 16.8. The molecule has 0 spiro atoms. The standard InChI is InChI=1S/C79H132N4O58/c1-17-37(97)47(107)54(114)72(120-17)134-60-31(15-92)130-71(36(83-22(6)96)63(60)137-76-57(117)50(110)40(100)24(8-85)125-76)140-66-52(112)42(102)26(10-87)128-78(66)138-64-45(105)32(16-119-77-65(51(111)41(101)25(9-86)127-77)139-70-35(82-21(5)95)61(44(104)28(12-89)123-70)135-75-56(116)49(109)39(99)23(7-84)124-75)131-79(67(64)141-74-53(113)43(103)27(11-88)126-74)132-58-29(13-90)129-69(33(46(58)106)80-19(3)93)133-59-30(14-91)122-68(118)34(81-20(4)94)62(59)136-73-55(115)48(108)38(98)18(2)121-73/h17-18,23-79,84-92,97-118H,7-16H2,1-6H3,(H,80,93)(H,81,94)(H,82,95)(H,83,96)/t17-,18-,23+,24+,25+,26+,27+,28+,29+,30+,31+,32+,33+,34+,35+,36+,37+,38+,39-,40-,41+,42+,43-,44+,45+,46+,47+,48+,49-,50-,51-,52-,53+,54-,55-,56+,57+,58+,59+,60+,61+,62+,63+,64-,65-,66-,67-,68+,69-,70-,71-,72-,73-,74-,75-,76-,77-,78+,79-/m0/s1. The van der Waals surface area contributed by atoms with Crippen LogP contribution in [0.1, 0.15) is 41.5 Å². The molecule has 0 aromatic carbocycles. The van der Waals surface area contributed by atoms with Gasteiger partial charge in [-0.3, -0.25) is 19.2 Å². The Balaban J connectivity index is 0.969. The molecule has 12 saturated heterocycles. The zero-order valence-corrected chi connectivity index (χ0v) is 76.0. The average Bonchev–Trinajstić information content (AvgIpc) is 1.36. The summed E-state index contributed by atoms with van der Waals surface area (Å²) in [5.41, 5.74) is 0. The summed E-state index contributed by atoms with van der Waals surface area (Å²) >= 11 is 0. The number of carbonyl (C=O) groups is 4. The van der Waals surface area contributed by atoms with Crippen molar-refractivity contribution >= 4 is 23.6 Å². The lowest BCUT2D eigenvalue weighted by Gasteiger charge is -2.52. The minimum absolute atomic E-state index is 0.865. The minimum atomic E-state index is -2.72. The number of hydrogen-bond donors (Lipinski definition) is 35. The lowest BCUT2D eigenvalue weighted by molar-refractivity contribution is -0.411. The first-order valence-corrected chi connectivity index (χ1v) is 45.3. The second-order valence-electron chi connectivity index (χ2n) is 36.1. The van der Waals surface area contributed by atoms with E-state index in [2.05, 4.69) is 21.3 Å². The third-order valence-corrected chi connectivity index (χ3v) is 26.3. The monoisotopic (exact) mass is 2060 g/mol. The Kier molecular flexibility index (Phi) is 41.0. The molecule has 0 aromatic rings. The van der Waals surface area contributed by atoms with Crippen molar-refractivity contribution in [1.29, 1.82) is 0 Å². The Morgan fingerprint density at radius 1 is 0.199 bits per heavy atom. The van der Waals surface area contributed by atoms with Crippen molar-refractivity contribution < 1.29 is 286 Å². The first-order valence-electron chi connectivity index (χ1n) is 45.3. The van der Waals surface area contributed by atoms with Gasteiger partial charge in [-0.25, -0.2) is 0 Å². The van der Waals surface area contributed by atoms with Crippen LogP contribution in [0.3, 0.4) is 0 Å². The average molecular weight is 2070 g/mol. The molecule has 35 N–H and O–H groups in total. The molecule has 12 aliphatic rings. The molecular formula is C79H132N4O58. The summed E-state index contributed by atoms with van der Waals surface area (Å²) in [7, 11) is 0. The van der Waals surface area contributed by atoms with Gasteiger partial charge in [-0.1, -0.05) is 0 Å². The molecular weight excluding hydrogens is 1930 g/mol. The van der Waals surface area contributed by atoms with Crippen LogP contribution in [0.25, 0.3) is 0 Å². The zero-order valence-electron chi connectivity index (χ0n) is 76.0. The molecule has 59 atom stereocenters. The van der Waals surface area contributed by atoms with Crippen LogP contribution in [0.2, 0.25) is 0 Å². The number of aliphatic hydroxyl groups is 31. The third-order valence-electron chi connectivity index (χ3n) is 26.3. The first-order chi connectivity index (χ1) is 66.7. The van der Waals surface area contributed by atoms with Gasteiger partial charge in [-0.05, 0) is 13.8 Å². The molecule has 0 unspecified atom stereocenters. The van der Waals surface area contributed by atoms with Crippen LogP contribution in [0.15, 0.2) is 0 Å². The maximum atomic E-state index is 13.8. The van der Waals surface area contributed by atoms with Gasteiger partial charge in [-0.15, -0.1) is 0 Å². The molecule has 0 saturated carbocycles. The molecule has 12 rings (SSSR count). The van der Waals surface area contributed by atoms with E-state index in [-0.39, 0.29) is 0 Å². The Morgan fingerprint density at radius 2 is 0.447 bits per heavy atom. The van der Waals surface area contributed by atoms with Crippen LogP contribution in [-0.4, -0.2) is 610 Å².